The second-order valence-corrected chi connectivity index (χ2v) is 9.07. The van der Waals surface area contributed by atoms with Crippen LogP contribution in [0, 0.1) is 0 Å². The molecule has 0 aliphatic heterocycles. The summed E-state index contributed by atoms with van der Waals surface area (Å²) in [6.45, 7) is 0. The highest BCUT2D eigenvalue weighted by Gasteiger charge is 2.60. The molecule has 0 amide bonds. The van der Waals surface area contributed by atoms with Gasteiger partial charge in [0.05, 0.1) is 6.42 Å². The van der Waals surface area contributed by atoms with Crippen LogP contribution in [-0.2, 0) is 9.84 Å². The van der Waals surface area contributed by atoms with Crippen molar-refractivity contribution in [2.75, 3.05) is 5.88 Å². The van der Waals surface area contributed by atoms with Crippen molar-refractivity contribution >= 4 is 21.2 Å². The number of nitrogens with one attached hydrogen (secondary N) is 1. The minimum Gasteiger partial charge on any atom is -0.376 e. The largest absolute Gasteiger partial charge is 0.421 e. The number of rotatable bonds is 6. The Morgan fingerprint density at radius 3 is 2.33 bits per heavy atom. The van der Waals surface area contributed by atoms with Crippen LogP contribution in [0.1, 0.15) is 12.8 Å². The van der Waals surface area contributed by atoms with E-state index in [9.17, 15) is 39.9 Å². The molecule has 1 aromatic heterocycles. The fourth-order valence-electron chi connectivity index (χ4n) is 2.46. The van der Waals surface area contributed by atoms with Crippen LogP contribution in [0.15, 0.2) is 45.5 Å². The van der Waals surface area contributed by atoms with Crippen molar-refractivity contribution < 1.29 is 39.9 Å². The van der Waals surface area contributed by atoms with Gasteiger partial charge in [0.25, 0.3) is 0 Å². The molecule has 0 bridgehead atoms. The number of hydrogen-bond donors (Lipinski definition) is 2. The molecule has 0 spiro atoms. The monoisotopic (exact) mass is 435 g/mol. The molecule has 0 saturated heterocycles. The minimum atomic E-state index is -5.53. The third kappa shape index (κ3) is 5.33. The first-order valence-electron chi connectivity index (χ1n) is 7.49. The fraction of sp³-hybridized carbons (Fsp3) is 0.467. The van der Waals surface area contributed by atoms with E-state index in [1.807, 2.05) is 0 Å². The third-order valence-electron chi connectivity index (χ3n) is 3.84. The van der Waals surface area contributed by atoms with Crippen molar-refractivity contribution in [1.29, 1.82) is 0 Å². The molecule has 152 valence electrons. The number of alkyl halides is 6. The second-order valence-electron chi connectivity index (χ2n) is 5.91. The molecule has 2 N–H and O–H groups in total. The maximum atomic E-state index is 13.1. The van der Waals surface area contributed by atoms with Crippen LogP contribution in [0.2, 0.25) is 0 Å². The molecule has 0 fully saturated rings. The number of sulfone groups is 1. The van der Waals surface area contributed by atoms with Crippen LogP contribution in [-0.4, -0.2) is 43.4 Å². The van der Waals surface area contributed by atoms with E-state index in [-0.39, 0.29) is 10.6 Å². The van der Waals surface area contributed by atoms with Gasteiger partial charge < -0.3 is 5.11 Å². The minimum absolute atomic E-state index is 0.114. The van der Waals surface area contributed by atoms with E-state index >= 15 is 0 Å². The summed E-state index contributed by atoms with van der Waals surface area (Å²) in [5.41, 5.74) is -4.98. The van der Waals surface area contributed by atoms with Gasteiger partial charge in [-0.1, -0.05) is 24.3 Å². The average molecular weight is 435 g/mol. The van der Waals surface area contributed by atoms with Crippen molar-refractivity contribution in [2.24, 2.45) is 0 Å². The van der Waals surface area contributed by atoms with Gasteiger partial charge in [-0.05, 0) is 23.4 Å². The van der Waals surface area contributed by atoms with Crippen molar-refractivity contribution in [3.8, 4) is 0 Å². The average Bonchev–Trinajstić information content (AvgIpc) is 3.06. The zero-order chi connectivity index (χ0) is 20.5. The van der Waals surface area contributed by atoms with Crippen LogP contribution in [0.4, 0.5) is 26.3 Å². The Hall–Kier alpha value is -1.37. The number of thiophene rings is 1. The smallest absolute Gasteiger partial charge is 0.376 e. The van der Waals surface area contributed by atoms with Gasteiger partial charge in [-0.15, -0.1) is 11.3 Å². The Kier molecular flexibility index (Phi) is 6.15. The highest BCUT2D eigenvalue weighted by molar-refractivity contribution is 7.93. The lowest BCUT2D eigenvalue weighted by Gasteiger charge is -2.34. The molecule has 2 unspecified atom stereocenters. The normalized spacial score (nSPS) is 21.0. The molecule has 1 aliphatic carbocycles. The van der Waals surface area contributed by atoms with Crippen LogP contribution in [0.25, 0.3) is 0 Å². The summed E-state index contributed by atoms with van der Waals surface area (Å²) < 4.78 is 101. The van der Waals surface area contributed by atoms with E-state index in [0.717, 1.165) is 29.6 Å². The van der Waals surface area contributed by atoms with E-state index in [1.54, 1.807) is 11.4 Å². The summed E-state index contributed by atoms with van der Waals surface area (Å²) in [5.74, 6) is -0.488. The molecular weight excluding hydrogens is 420 g/mol. The van der Waals surface area contributed by atoms with Gasteiger partial charge >= 0.3 is 12.4 Å². The first kappa shape index (κ1) is 21.9. The topological polar surface area (TPSA) is 66.4 Å². The molecule has 1 aliphatic rings. The molecule has 4 nitrogen and oxygen atoms in total. The van der Waals surface area contributed by atoms with Gasteiger partial charge in [-0.25, -0.2) is 8.42 Å². The van der Waals surface area contributed by atoms with Crippen molar-refractivity contribution in [3.63, 3.8) is 0 Å². The van der Waals surface area contributed by atoms with Gasteiger partial charge in [0.2, 0.25) is 9.84 Å². The van der Waals surface area contributed by atoms with E-state index in [1.165, 1.54) is 6.07 Å². The Bertz CT molecular complexity index is 812. The van der Waals surface area contributed by atoms with Crippen LogP contribution < -0.4 is 5.32 Å². The van der Waals surface area contributed by atoms with E-state index < -0.39 is 51.7 Å². The highest BCUT2D eigenvalue weighted by Crippen LogP contribution is 2.44. The lowest BCUT2D eigenvalue weighted by molar-refractivity contribution is -0.278. The zero-order valence-corrected chi connectivity index (χ0v) is 15.1. The molecule has 27 heavy (non-hydrogen) atoms. The van der Waals surface area contributed by atoms with Gasteiger partial charge in [0, 0.05) is 6.04 Å². The Balaban J connectivity index is 2.08. The van der Waals surface area contributed by atoms with Gasteiger partial charge in [-0.3, -0.25) is 5.32 Å². The number of aliphatic hydroxyl groups is 1. The number of halogens is 6. The quantitative estimate of drug-likeness (QED) is 0.671. The molecule has 1 heterocycles. The Morgan fingerprint density at radius 2 is 1.89 bits per heavy atom. The molecule has 0 radical (unpaired) electrons. The Morgan fingerprint density at radius 1 is 1.22 bits per heavy atom. The maximum Gasteiger partial charge on any atom is 0.421 e. The lowest BCUT2D eigenvalue weighted by Crippen LogP contribution is -2.50. The predicted molar refractivity (Wildman–Crippen MR) is 86.8 cm³/mol. The van der Waals surface area contributed by atoms with Crippen LogP contribution >= 0.6 is 11.3 Å². The van der Waals surface area contributed by atoms with E-state index in [0.29, 0.717) is 0 Å². The molecule has 0 aromatic carbocycles. The van der Waals surface area contributed by atoms with Crippen LogP contribution in [0.5, 0.6) is 0 Å². The van der Waals surface area contributed by atoms with E-state index in [2.05, 4.69) is 5.32 Å². The fourth-order valence-corrected chi connectivity index (χ4v) is 4.70. The summed E-state index contributed by atoms with van der Waals surface area (Å²) in [6, 6.07) is 2.25. The van der Waals surface area contributed by atoms with E-state index in [4.69, 9.17) is 0 Å². The summed E-state index contributed by atoms with van der Waals surface area (Å²) in [4.78, 5) is 0. The summed E-state index contributed by atoms with van der Waals surface area (Å²) in [7, 11) is -3.63. The first-order chi connectivity index (χ1) is 12.2. The van der Waals surface area contributed by atoms with Crippen molar-refractivity contribution in [1.82, 2.24) is 5.32 Å². The second kappa shape index (κ2) is 7.57. The molecule has 0 saturated carbocycles. The lowest BCUT2D eigenvalue weighted by atomic mass is 9.85. The predicted octanol–water partition coefficient (Wildman–Crippen LogP) is 3.57. The van der Waals surface area contributed by atoms with Gasteiger partial charge in [0.15, 0.2) is 5.60 Å². The van der Waals surface area contributed by atoms with Crippen molar-refractivity contribution in [2.45, 2.75) is 41.0 Å². The zero-order valence-electron chi connectivity index (χ0n) is 13.5. The molecular formula is C15H15F6NO3S2. The summed E-state index contributed by atoms with van der Waals surface area (Å²) in [5, 5.41) is 13.9. The maximum absolute atomic E-state index is 13.1. The van der Waals surface area contributed by atoms with Crippen LogP contribution in [0.3, 0.4) is 0 Å². The molecule has 2 rings (SSSR count). The van der Waals surface area contributed by atoms with Gasteiger partial charge in [0.1, 0.15) is 10.1 Å². The molecule has 12 heteroatoms. The molecule has 2 atom stereocenters. The van der Waals surface area contributed by atoms with Crippen molar-refractivity contribution in [3.05, 3.63) is 41.3 Å². The first-order valence-corrected chi connectivity index (χ1v) is 10.0. The third-order valence-corrected chi connectivity index (χ3v) is 6.85. The molecule has 1 aromatic rings. The standard InChI is InChI=1S/C15H15F6NO3S2/c16-14(17,18)8-13(23,15(19,20)21)10-3-5-11(6-4-10)22-9-27(24,25)12-2-1-7-26-12/h1-5,7,11,22-23H,6,8-9H2. The summed E-state index contributed by atoms with van der Waals surface area (Å²) in [6.07, 6.45) is -10.8. The Labute approximate surface area is 155 Å². The SMILES string of the molecule is O=S(=O)(CNC1C=CC(C(O)(CC(F)(F)F)C(F)(F)F)=CC1)c1cccs1. The number of hydrogen-bond acceptors (Lipinski definition) is 5. The van der Waals surface area contributed by atoms with Gasteiger partial charge in [-0.2, -0.15) is 26.3 Å². The summed E-state index contributed by atoms with van der Waals surface area (Å²) >= 11 is 1.01. The highest BCUT2D eigenvalue weighted by atomic mass is 32.2.